The van der Waals surface area contributed by atoms with E-state index in [-0.39, 0.29) is 0 Å². The van der Waals surface area contributed by atoms with Gasteiger partial charge in [0.1, 0.15) is 5.52 Å². The van der Waals surface area contributed by atoms with Crippen LogP contribution in [-0.2, 0) is 0 Å². The fraction of sp³-hybridized carbons (Fsp3) is 0. The monoisotopic (exact) mass is 562 g/mol. The molecule has 0 aliphatic rings. The Morgan fingerprint density at radius 1 is 0.432 bits per heavy atom. The number of fused-ring (bicyclic) bond motifs is 9. The summed E-state index contributed by atoms with van der Waals surface area (Å²) >= 11 is 0. The van der Waals surface area contributed by atoms with Gasteiger partial charge in [-0.25, -0.2) is 4.98 Å². The van der Waals surface area contributed by atoms with Crippen LogP contribution in [0.3, 0.4) is 0 Å². The van der Waals surface area contributed by atoms with Gasteiger partial charge in [0, 0.05) is 33.4 Å². The first-order chi connectivity index (χ1) is 21.8. The Kier molecular flexibility index (Phi) is 5.50. The minimum Gasteiger partial charge on any atom is -0.435 e. The van der Waals surface area contributed by atoms with E-state index < -0.39 is 0 Å². The molecule has 0 fully saturated rings. The molecular formula is C41H26N2O. The van der Waals surface area contributed by atoms with Crippen molar-refractivity contribution in [2.45, 2.75) is 0 Å². The van der Waals surface area contributed by atoms with Crippen molar-refractivity contribution in [2.75, 3.05) is 4.90 Å². The highest BCUT2D eigenvalue weighted by Gasteiger charge is 2.19. The minimum absolute atomic E-state index is 0.638. The third-order valence-corrected chi connectivity index (χ3v) is 8.61. The lowest BCUT2D eigenvalue weighted by atomic mass is 9.94. The molecule has 0 spiro atoms. The van der Waals surface area contributed by atoms with Crippen LogP contribution in [0.1, 0.15) is 0 Å². The molecule has 0 atom stereocenters. The van der Waals surface area contributed by atoms with Crippen LogP contribution in [0.2, 0.25) is 0 Å². The lowest BCUT2D eigenvalue weighted by Gasteiger charge is -2.26. The summed E-state index contributed by atoms with van der Waals surface area (Å²) in [5.41, 5.74) is 6.01. The van der Waals surface area contributed by atoms with Gasteiger partial charge in [-0.05, 0) is 80.8 Å². The summed E-state index contributed by atoms with van der Waals surface area (Å²) in [6.07, 6.45) is 0. The Balaban J connectivity index is 1.34. The Morgan fingerprint density at radius 2 is 1.07 bits per heavy atom. The van der Waals surface area contributed by atoms with Crippen LogP contribution in [0, 0.1) is 0 Å². The molecule has 0 N–H and O–H groups in total. The van der Waals surface area contributed by atoms with Crippen molar-refractivity contribution in [1.82, 2.24) is 4.98 Å². The van der Waals surface area contributed by atoms with Gasteiger partial charge in [0.15, 0.2) is 5.58 Å². The quantitative estimate of drug-likeness (QED) is 0.200. The van der Waals surface area contributed by atoms with Crippen LogP contribution < -0.4 is 4.90 Å². The molecule has 9 aromatic rings. The van der Waals surface area contributed by atoms with Gasteiger partial charge in [-0.2, -0.15) is 0 Å². The van der Waals surface area contributed by atoms with Crippen molar-refractivity contribution in [3.8, 4) is 11.5 Å². The first-order valence-corrected chi connectivity index (χ1v) is 14.9. The van der Waals surface area contributed by atoms with E-state index >= 15 is 0 Å². The van der Waals surface area contributed by atoms with Crippen molar-refractivity contribution in [3.05, 3.63) is 158 Å². The highest BCUT2D eigenvalue weighted by molar-refractivity contribution is 6.30. The maximum Gasteiger partial charge on any atom is 0.227 e. The molecule has 206 valence electrons. The number of aromatic nitrogens is 1. The fourth-order valence-electron chi connectivity index (χ4n) is 6.56. The molecule has 0 bridgehead atoms. The fourth-order valence-corrected chi connectivity index (χ4v) is 6.56. The summed E-state index contributed by atoms with van der Waals surface area (Å²) in [4.78, 5) is 7.41. The molecule has 0 saturated heterocycles. The first-order valence-electron chi connectivity index (χ1n) is 14.9. The molecule has 1 aromatic heterocycles. The predicted molar refractivity (Wildman–Crippen MR) is 184 cm³/mol. The van der Waals surface area contributed by atoms with Crippen LogP contribution in [0.15, 0.2) is 162 Å². The molecule has 0 aliphatic heterocycles. The van der Waals surface area contributed by atoms with Crippen LogP contribution >= 0.6 is 0 Å². The molecular weight excluding hydrogens is 536 g/mol. The van der Waals surface area contributed by atoms with Gasteiger partial charge in [0.25, 0.3) is 0 Å². The average molecular weight is 563 g/mol. The number of anilines is 3. The largest absolute Gasteiger partial charge is 0.435 e. The minimum atomic E-state index is 0.638. The standard InChI is InChI=1S/C41H26N2O/c1-3-12-29(13-4-1)41-42-39-36-24-21-28-20-23-33(26-37(28)38(36)34-17-9-10-18-35(34)40(39)44-41)43(31-15-5-2-6-16-31)32-22-19-27-11-7-8-14-30(27)25-32/h1-26H. The number of benzene rings is 8. The predicted octanol–water partition coefficient (Wildman–Crippen LogP) is 11.6. The summed E-state index contributed by atoms with van der Waals surface area (Å²) in [6.45, 7) is 0. The molecule has 1 heterocycles. The van der Waals surface area contributed by atoms with Crippen molar-refractivity contribution >= 4 is 71.3 Å². The Bertz CT molecular complexity index is 2500. The second-order valence-corrected chi connectivity index (χ2v) is 11.2. The zero-order valence-corrected chi connectivity index (χ0v) is 23.8. The number of nitrogens with zero attached hydrogens (tertiary/aromatic N) is 2. The second kappa shape index (κ2) is 9.82. The van der Waals surface area contributed by atoms with E-state index in [4.69, 9.17) is 9.40 Å². The van der Waals surface area contributed by atoms with Gasteiger partial charge in [0.05, 0.1) is 0 Å². The maximum absolute atomic E-state index is 6.48. The molecule has 8 aromatic carbocycles. The number of hydrogen-bond donors (Lipinski definition) is 0. The van der Waals surface area contributed by atoms with E-state index in [2.05, 4.69) is 132 Å². The van der Waals surface area contributed by atoms with Crippen LogP contribution in [0.25, 0.3) is 65.6 Å². The van der Waals surface area contributed by atoms with E-state index in [1.54, 1.807) is 0 Å². The third kappa shape index (κ3) is 3.87. The van der Waals surface area contributed by atoms with E-state index in [0.29, 0.717) is 5.89 Å². The lowest BCUT2D eigenvalue weighted by molar-refractivity contribution is 0.623. The van der Waals surface area contributed by atoms with Gasteiger partial charge < -0.3 is 9.32 Å². The topological polar surface area (TPSA) is 29.3 Å². The highest BCUT2D eigenvalue weighted by atomic mass is 16.3. The summed E-state index contributed by atoms with van der Waals surface area (Å²) in [6, 6.07) is 55.6. The summed E-state index contributed by atoms with van der Waals surface area (Å²) < 4.78 is 6.48. The number of hydrogen-bond acceptors (Lipinski definition) is 3. The van der Waals surface area contributed by atoms with E-state index in [1.807, 2.05) is 30.3 Å². The molecule has 0 amide bonds. The number of rotatable bonds is 4. The molecule has 0 aliphatic carbocycles. The molecule has 3 nitrogen and oxygen atoms in total. The van der Waals surface area contributed by atoms with Gasteiger partial charge in [-0.3, -0.25) is 0 Å². The van der Waals surface area contributed by atoms with E-state index in [9.17, 15) is 0 Å². The molecule has 44 heavy (non-hydrogen) atoms. The van der Waals surface area contributed by atoms with Crippen molar-refractivity contribution in [3.63, 3.8) is 0 Å². The van der Waals surface area contributed by atoms with Crippen LogP contribution in [0.4, 0.5) is 17.1 Å². The molecule has 9 rings (SSSR count). The SMILES string of the molecule is c1ccc(-c2nc3c4ccc5ccc(N(c6ccccc6)c6ccc7ccccc7c6)cc5c4c4ccccc4c3o2)cc1. The Morgan fingerprint density at radius 3 is 1.89 bits per heavy atom. The highest BCUT2D eigenvalue weighted by Crippen LogP contribution is 2.43. The van der Waals surface area contributed by atoms with Crippen molar-refractivity contribution < 1.29 is 4.42 Å². The number of oxazole rings is 1. The smallest absolute Gasteiger partial charge is 0.227 e. The van der Waals surface area contributed by atoms with Gasteiger partial charge in [0.2, 0.25) is 5.89 Å². The van der Waals surface area contributed by atoms with Crippen LogP contribution in [-0.4, -0.2) is 4.98 Å². The summed E-state index contributed by atoms with van der Waals surface area (Å²) in [7, 11) is 0. The molecule has 0 radical (unpaired) electrons. The molecule has 0 unspecified atom stereocenters. The summed E-state index contributed by atoms with van der Waals surface area (Å²) in [5, 5.41) is 9.31. The maximum atomic E-state index is 6.48. The second-order valence-electron chi connectivity index (χ2n) is 11.2. The average Bonchev–Trinajstić information content (AvgIpc) is 3.55. The Hall–Kier alpha value is -5.93. The number of para-hydroxylation sites is 1. The normalized spacial score (nSPS) is 11.6. The molecule has 0 saturated carbocycles. The zero-order chi connectivity index (χ0) is 29.0. The first kappa shape index (κ1) is 24.6. The lowest BCUT2D eigenvalue weighted by Crippen LogP contribution is -2.09. The zero-order valence-electron chi connectivity index (χ0n) is 23.8. The summed E-state index contributed by atoms with van der Waals surface area (Å²) in [5.74, 6) is 0.638. The van der Waals surface area contributed by atoms with Gasteiger partial charge in [-0.15, -0.1) is 0 Å². The molecule has 3 heteroatoms. The Labute approximate surface area is 254 Å². The third-order valence-electron chi connectivity index (χ3n) is 8.61. The van der Waals surface area contributed by atoms with E-state index in [0.717, 1.165) is 49.9 Å². The van der Waals surface area contributed by atoms with E-state index in [1.165, 1.54) is 26.9 Å². The van der Waals surface area contributed by atoms with Crippen molar-refractivity contribution in [2.24, 2.45) is 0 Å². The van der Waals surface area contributed by atoms with Crippen molar-refractivity contribution in [1.29, 1.82) is 0 Å². The van der Waals surface area contributed by atoms with Crippen LogP contribution in [0.5, 0.6) is 0 Å². The van der Waals surface area contributed by atoms with Gasteiger partial charge >= 0.3 is 0 Å². The van der Waals surface area contributed by atoms with Gasteiger partial charge in [-0.1, -0.05) is 109 Å².